The third-order valence-corrected chi connectivity index (χ3v) is 2.39. The molecule has 0 aromatic heterocycles. The predicted octanol–water partition coefficient (Wildman–Crippen LogP) is 2.25. The Morgan fingerprint density at radius 3 is 2.44 bits per heavy atom. The van der Waals surface area contributed by atoms with Crippen molar-refractivity contribution in [2.75, 3.05) is 0 Å². The first kappa shape index (κ1) is 12.0. The van der Waals surface area contributed by atoms with Crippen molar-refractivity contribution in [2.45, 2.75) is 6.42 Å². The molecule has 0 heterocycles. The highest BCUT2D eigenvalue weighted by Crippen LogP contribution is 2.34. The molecule has 0 unspecified atom stereocenters. The van der Waals surface area contributed by atoms with E-state index in [1.807, 2.05) is 30.3 Å². The number of hydrogen-bond donors (Lipinski definition) is 2. The molecule has 2 aromatic rings. The summed E-state index contributed by atoms with van der Waals surface area (Å²) in [5, 5.41) is 18.7. The van der Waals surface area contributed by atoms with E-state index in [0.717, 1.165) is 5.56 Å². The third kappa shape index (κ3) is 2.79. The van der Waals surface area contributed by atoms with Gasteiger partial charge in [0.05, 0.1) is 6.42 Å². The average Bonchev–Trinajstić information content (AvgIpc) is 2.36. The molecule has 2 aromatic carbocycles. The number of hydrogen-bond acceptors (Lipinski definition) is 4. The van der Waals surface area contributed by atoms with Crippen LogP contribution < -0.4 is 4.74 Å². The number of ether oxygens (including phenoxy) is 1. The Bertz CT molecular complexity index is 549. The lowest BCUT2D eigenvalue weighted by Crippen LogP contribution is -2.11. The van der Waals surface area contributed by atoms with Gasteiger partial charge >= 0.3 is 5.97 Å². The van der Waals surface area contributed by atoms with Crippen LogP contribution in [0.15, 0.2) is 48.5 Å². The van der Waals surface area contributed by atoms with Gasteiger partial charge in [0.1, 0.15) is 0 Å². The van der Waals surface area contributed by atoms with Crippen LogP contribution in [0.4, 0.5) is 0 Å². The summed E-state index contributed by atoms with van der Waals surface area (Å²) >= 11 is 0. The fraction of sp³-hybridized carbons (Fsp3) is 0.0714. The molecule has 0 aliphatic heterocycles. The summed E-state index contributed by atoms with van der Waals surface area (Å²) in [6.07, 6.45) is 0.107. The van der Waals surface area contributed by atoms with Crippen molar-refractivity contribution in [3.63, 3.8) is 0 Å². The lowest BCUT2D eigenvalue weighted by Gasteiger charge is -2.07. The van der Waals surface area contributed by atoms with Crippen LogP contribution >= 0.6 is 0 Å². The SMILES string of the molecule is O=C(Cc1ccccc1)Oc1cccc(O)c1O. The second-order valence-corrected chi connectivity index (χ2v) is 3.76. The maximum Gasteiger partial charge on any atom is 0.315 e. The van der Waals surface area contributed by atoms with Gasteiger partial charge in [0, 0.05) is 0 Å². The Kier molecular flexibility index (Phi) is 3.48. The van der Waals surface area contributed by atoms with Crippen LogP contribution in [0.2, 0.25) is 0 Å². The van der Waals surface area contributed by atoms with Crippen molar-refractivity contribution in [1.82, 2.24) is 0 Å². The molecule has 0 saturated carbocycles. The summed E-state index contributed by atoms with van der Waals surface area (Å²) in [7, 11) is 0. The second kappa shape index (κ2) is 5.23. The van der Waals surface area contributed by atoms with Gasteiger partial charge in [0.15, 0.2) is 11.5 Å². The molecule has 2 rings (SSSR count). The highest BCUT2D eigenvalue weighted by Gasteiger charge is 2.12. The summed E-state index contributed by atoms with van der Waals surface area (Å²) in [6.45, 7) is 0. The topological polar surface area (TPSA) is 66.8 Å². The first-order valence-corrected chi connectivity index (χ1v) is 5.42. The Hall–Kier alpha value is -2.49. The van der Waals surface area contributed by atoms with Crippen LogP contribution in [-0.4, -0.2) is 16.2 Å². The molecular formula is C14H12O4. The highest BCUT2D eigenvalue weighted by molar-refractivity contribution is 5.76. The lowest BCUT2D eigenvalue weighted by atomic mass is 10.1. The van der Waals surface area contributed by atoms with Gasteiger partial charge in [-0.1, -0.05) is 36.4 Å². The van der Waals surface area contributed by atoms with Gasteiger partial charge in [-0.2, -0.15) is 0 Å². The van der Waals surface area contributed by atoms with Crippen molar-refractivity contribution in [2.24, 2.45) is 0 Å². The zero-order chi connectivity index (χ0) is 13.0. The standard InChI is InChI=1S/C14H12O4/c15-11-7-4-8-12(14(11)17)18-13(16)9-10-5-2-1-3-6-10/h1-8,15,17H,9H2. The van der Waals surface area contributed by atoms with Crippen LogP contribution in [0.25, 0.3) is 0 Å². The van der Waals surface area contributed by atoms with E-state index >= 15 is 0 Å². The molecule has 0 aliphatic carbocycles. The number of carbonyl (C=O) groups excluding carboxylic acids is 1. The number of phenols is 2. The highest BCUT2D eigenvalue weighted by atomic mass is 16.5. The summed E-state index contributed by atoms with van der Waals surface area (Å²) in [5.41, 5.74) is 0.821. The number of carbonyl (C=O) groups is 1. The molecule has 0 radical (unpaired) electrons. The number of aromatic hydroxyl groups is 2. The molecule has 4 nitrogen and oxygen atoms in total. The maximum atomic E-state index is 11.6. The van der Waals surface area contributed by atoms with Crippen LogP contribution in [0.1, 0.15) is 5.56 Å². The quantitative estimate of drug-likeness (QED) is 0.493. The van der Waals surface area contributed by atoms with E-state index in [-0.39, 0.29) is 17.9 Å². The van der Waals surface area contributed by atoms with Gasteiger partial charge in [0.2, 0.25) is 5.75 Å². The molecule has 0 aliphatic rings. The lowest BCUT2D eigenvalue weighted by molar-refractivity contribution is -0.133. The summed E-state index contributed by atoms with van der Waals surface area (Å²) in [4.78, 5) is 11.6. The third-order valence-electron chi connectivity index (χ3n) is 2.39. The van der Waals surface area contributed by atoms with Crippen molar-refractivity contribution >= 4 is 5.97 Å². The van der Waals surface area contributed by atoms with E-state index < -0.39 is 11.7 Å². The van der Waals surface area contributed by atoms with E-state index in [2.05, 4.69) is 0 Å². The zero-order valence-electron chi connectivity index (χ0n) is 9.54. The van der Waals surface area contributed by atoms with Crippen LogP contribution in [0.3, 0.4) is 0 Å². The summed E-state index contributed by atoms with van der Waals surface area (Å²) in [5.74, 6) is -1.29. The molecule has 0 spiro atoms. The molecule has 2 N–H and O–H groups in total. The smallest absolute Gasteiger partial charge is 0.315 e. The van der Waals surface area contributed by atoms with E-state index in [4.69, 9.17) is 4.74 Å². The predicted molar refractivity (Wildman–Crippen MR) is 65.6 cm³/mol. The van der Waals surface area contributed by atoms with Gasteiger partial charge in [-0.3, -0.25) is 4.79 Å². The minimum Gasteiger partial charge on any atom is -0.504 e. The van der Waals surface area contributed by atoms with Gasteiger partial charge in [-0.15, -0.1) is 0 Å². The van der Waals surface area contributed by atoms with Crippen molar-refractivity contribution in [1.29, 1.82) is 0 Å². The first-order chi connectivity index (χ1) is 8.66. The molecule has 92 valence electrons. The molecule has 18 heavy (non-hydrogen) atoms. The second-order valence-electron chi connectivity index (χ2n) is 3.76. The fourth-order valence-corrected chi connectivity index (χ4v) is 1.51. The van der Waals surface area contributed by atoms with Crippen molar-refractivity contribution in [3.8, 4) is 17.2 Å². The van der Waals surface area contributed by atoms with Gasteiger partial charge in [-0.05, 0) is 17.7 Å². The Labute approximate surface area is 104 Å². The van der Waals surface area contributed by atoms with E-state index in [0.29, 0.717) is 0 Å². The van der Waals surface area contributed by atoms with E-state index in [1.54, 1.807) is 0 Å². The Morgan fingerprint density at radius 2 is 1.72 bits per heavy atom. The number of phenolic OH excluding ortho intramolecular Hbond substituents is 2. The average molecular weight is 244 g/mol. The van der Waals surface area contributed by atoms with Crippen LogP contribution in [-0.2, 0) is 11.2 Å². The minimum absolute atomic E-state index is 0.0454. The van der Waals surface area contributed by atoms with E-state index in [9.17, 15) is 15.0 Å². The first-order valence-electron chi connectivity index (χ1n) is 5.42. The molecule has 0 saturated heterocycles. The zero-order valence-corrected chi connectivity index (χ0v) is 9.54. The molecule has 0 bridgehead atoms. The molecule has 0 fully saturated rings. The van der Waals surface area contributed by atoms with Gasteiger partial charge in [-0.25, -0.2) is 0 Å². The van der Waals surface area contributed by atoms with Gasteiger partial charge < -0.3 is 14.9 Å². The largest absolute Gasteiger partial charge is 0.504 e. The fourth-order valence-electron chi connectivity index (χ4n) is 1.51. The number of rotatable bonds is 3. The Balaban J connectivity index is 2.06. The van der Waals surface area contributed by atoms with Crippen molar-refractivity contribution in [3.05, 3.63) is 54.1 Å². The van der Waals surface area contributed by atoms with Crippen molar-refractivity contribution < 1.29 is 19.7 Å². The molecule has 4 heteroatoms. The monoisotopic (exact) mass is 244 g/mol. The normalized spacial score (nSPS) is 10.0. The van der Waals surface area contributed by atoms with Gasteiger partial charge in [0.25, 0.3) is 0 Å². The maximum absolute atomic E-state index is 11.6. The van der Waals surface area contributed by atoms with E-state index in [1.165, 1.54) is 18.2 Å². The number of benzene rings is 2. The number of esters is 1. The number of para-hydroxylation sites is 1. The Morgan fingerprint density at radius 1 is 1.00 bits per heavy atom. The van der Waals surface area contributed by atoms with Crippen LogP contribution in [0, 0.1) is 0 Å². The summed E-state index contributed by atoms with van der Waals surface area (Å²) in [6, 6.07) is 13.3. The molecular weight excluding hydrogens is 232 g/mol. The molecule has 0 amide bonds. The minimum atomic E-state index is -0.498. The van der Waals surface area contributed by atoms with Crippen LogP contribution in [0.5, 0.6) is 17.2 Å². The summed E-state index contributed by atoms with van der Waals surface area (Å²) < 4.78 is 4.98. The molecule has 0 atom stereocenters.